The van der Waals surface area contributed by atoms with Crippen LogP contribution in [0.4, 0.5) is 5.82 Å². The Balaban J connectivity index is 1.94. The molecular weight excluding hydrogens is 266 g/mol. The number of likely N-dealkylation sites (tertiary alicyclic amines) is 1. The van der Waals surface area contributed by atoms with Gasteiger partial charge in [0.2, 0.25) is 11.8 Å². The molecule has 2 amide bonds. The summed E-state index contributed by atoms with van der Waals surface area (Å²) in [6, 6.07) is 3.74. The first-order valence-electron chi connectivity index (χ1n) is 7.61. The molecule has 114 valence electrons. The Morgan fingerprint density at radius 2 is 2.29 bits per heavy atom. The molecule has 1 atom stereocenters. The van der Waals surface area contributed by atoms with Crippen LogP contribution >= 0.6 is 0 Å². The van der Waals surface area contributed by atoms with E-state index in [1.54, 1.807) is 6.20 Å². The number of hydrogen-bond donors (Lipinski definition) is 1. The van der Waals surface area contributed by atoms with Crippen LogP contribution in [0.3, 0.4) is 0 Å². The number of aromatic nitrogens is 1. The van der Waals surface area contributed by atoms with E-state index in [9.17, 15) is 9.59 Å². The van der Waals surface area contributed by atoms with E-state index in [0.717, 1.165) is 31.4 Å². The highest BCUT2D eigenvalue weighted by Gasteiger charge is 2.28. The van der Waals surface area contributed by atoms with Crippen LogP contribution in [0.15, 0.2) is 18.3 Å². The van der Waals surface area contributed by atoms with E-state index in [1.165, 1.54) is 0 Å². The molecule has 2 rings (SSSR count). The largest absolute Gasteiger partial charge is 0.342 e. The van der Waals surface area contributed by atoms with Gasteiger partial charge >= 0.3 is 0 Å². The third kappa shape index (κ3) is 4.28. The molecule has 1 fully saturated rings. The molecule has 0 radical (unpaired) electrons. The van der Waals surface area contributed by atoms with Crippen LogP contribution in [0.25, 0.3) is 0 Å². The molecule has 0 aliphatic carbocycles. The Bertz CT molecular complexity index is 516. The fourth-order valence-corrected chi connectivity index (χ4v) is 2.62. The first-order valence-corrected chi connectivity index (χ1v) is 7.61. The van der Waals surface area contributed by atoms with Gasteiger partial charge in [0.25, 0.3) is 0 Å². The van der Waals surface area contributed by atoms with Gasteiger partial charge in [0, 0.05) is 25.7 Å². The lowest BCUT2D eigenvalue weighted by molar-refractivity contribution is -0.134. The Morgan fingerprint density at radius 1 is 1.48 bits per heavy atom. The van der Waals surface area contributed by atoms with Crippen molar-refractivity contribution in [2.24, 2.45) is 5.92 Å². The maximum atomic E-state index is 12.3. The molecule has 1 aliphatic rings. The van der Waals surface area contributed by atoms with Crippen LogP contribution in [0.5, 0.6) is 0 Å². The van der Waals surface area contributed by atoms with Crippen LogP contribution in [0, 0.1) is 12.8 Å². The number of aryl methyl sites for hydroxylation is 1. The zero-order valence-corrected chi connectivity index (χ0v) is 12.8. The van der Waals surface area contributed by atoms with Crippen LogP contribution in [-0.4, -0.2) is 34.8 Å². The number of carbonyl (C=O) groups is 2. The van der Waals surface area contributed by atoms with E-state index in [-0.39, 0.29) is 17.7 Å². The van der Waals surface area contributed by atoms with Gasteiger partial charge in [-0.25, -0.2) is 4.98 Å². The number of pyridine rings is 1. The van der Waals surface area contributed by atoms with E-state index < -0.39 is 0 Å². The Hall–Kier alpha value is -1.91. The highest BCUT2D eigenvalue weighted by molar-refractivity contribution is 5.92. The fourth-order valence-electron chi connectivity index (χ4n) is 2.62. The smallest absolute Gasteiger partial charge is 0.230 e. The minimum atomic E-state index is -0.137. The molecule has 0 saturated carbocycles. The Kier molecular flexibility index (Phi) is 5.31. The van der Waals surface area contributed by atoms with Gasteiger partial charge < -0.3 is 10.2 Å². The second-order valence-electron chi connectivity index (χ2n) is 5.64. The predicted molar refractivity (Wildman–Crippen MR) is 81.8 cm³/mol. The highest BCUT2D eigenvalue weighted by Crippen LogP contribution is 2.19. The SMILES string of the molecule is CCCC(=O)N1CCCC(C(=O)Nc2cc(C)ccn2)C1. The van der Waals surface area contributed by atoms with Crippen LogP contribution in [0.2, 0.25) is 0 Å². The summed E-state index contributed by atoms with van der Waals surface area (Å²) in [6.07, 6.45) is 4.80. The van der Waals surface area contributed by atoms with Gasteiger partial charge in [0.05, 0.1) is 5.92 Å². The van der Waals surface area contributed by atoms with Crippen LogP contribution in [0.1, 0.15) is 38.2 Å². The van der Waals surface area contributed by atoms with Crippen molar-refractivity contribution < 1.29 is 9.59 Å². The van der Waals surface area contributed by atoms with Crippen molar-refractivity contribution in [1.29, 1.82) is 0 Å². The number of anilines is 1. The molecule has 5 nitrogen and oxygen atoms in total. The minimum absolute atomic E-state index is 0.0397. The standard InChI is InChI=1S/C16H23N3O2/c1-3-5-15(20)19-9-4-6-13(11-19)16(21)18-14-10-12(2)7-8-17-14/h7-8,10,13H,3-6,9,11H2,1-2H3,(H,17,18,21). The quantitative estimate of drug-likeness (QED) is 0.925. The molecule has 1 aromatic heterocycles. The zero-order valence-electron chi connectivity index (χ0n) is 12.8. The second kappa shape index (κ2) is 7.20. The maximum absolute atomic E-state index is 12.3. The third-order valence-corrected chi connectivity index (χ3v) is 3.78. The van der Waals surface area contributed by atoms with Gasteiger partial charge in [0.15, 0.2) is 0 Å². The predicted octanol–water partition coefficient (Wildman–Crippen LogP) is 2.37. The van der Waals surface area contributed by atoms with Crippen molar-refractivity contribution in [3.05, 3.63) is 23.9 Å². The summed E-state index contributed by atoms with van der Waals surface area (Å²) in [5, 5.41) is 2.86. The van der Waals surface area contributed by atoms with Crippen LogP contribution < -0.4 is 5.32 Å². The summed E-state index contributed by atoms with van der Waals surface area (Å²) in [6.45, 7) is 5.25. The topological polar surface area (TPSA) is 62.3 Å². The summed E-state index contributed by atoms with van der Waals surface area (Å²) < 4.78 is 0. The number of rotatable bonds is 4. The van der Waals surface area contributed by atoms with E-state index in [1.807, 2.05) is 30.9 Å². The van der Waals surface area contributed by atoms with Gasteiger partial charge in [-0.2, -0.15) is 0 Å². The second-order valence-corrected chi connectivity index (χ2v) is 5.64. The summed E-state index contributed by atoms with van der Waals surface area (Å²) in [5.41, 5.74) is 1.06. The lowest BCUT2D eigenvalue weighted by atomic mass is 9.96. The maximum Gasteiger partial charge on any atom is 0.230 e. The molecule has 21 heavy (non-hydrogen) atoms. The van der Waals surface area contributed by atoms with E-state index in [4.69, 9.17) is 0 Å². The van der Waals surface area contributed by atoms with E-state index >= 15 is 0 Å². The van der Waals surface area contributed by atoms with Crippen LogP contribution in [-0.2, 0) is 9.59 Å². The Labute approximate surface area is 125 Å². The van der Waals surface area contributed by atoms with Gasteiger partial charge in [-0.3, -0.25) is 9.59 Å². The molecule has 1 aromatic rings. The van der Waals surface area contributed by atoms with Crippen molar-refractivity contribution in [3.63, 3.8) is 0 Å². The summed E-state index contributed by atoms with van der Waals surface area (Å²) in [7, 11) is 0. The van der Waals surface area contributed by atoms with Gasteiger partial charge in [-0.05, 0) is 43.9 Å². The van der Waals surface area contributed by atoms with E-state index in [0.29, 0.717) is 18.8 Å². The molecule has 5 heteroatoms. The number of nitrogens with zero attached hydrogens (tertiary/aromatic N) is 2. The first kappa shape index (κ1) is 15.5. The van der Waals surface area contributed by atoms with Crippen molar-refractivity contribution in [1.82, 2.24) is 9.88 Å². The van der Waals surface area contributed by atoms with Gasteiger partial charge in [-0.15, -0.1) is 0 Å². The summed E-state index contributed by atoms with van der Waals surface area (Å²) in [4.78, 5) is 30.2. The zero-order chi connectivity index (χ0) is 15.2. The molecule has 2 heterocycles. The lowest BCUT2D eigenvalue weighted by Crippen LogP contribution is -2.43. The molecule has 1 N–H and O–H groups in total. The monoisotopic (exact) mass is 289 g/mol. The van der Waals surface area contributed by atoms with E-state index in [2.05, 4.69) is 10.3 Å². The van der Waals surface area contributed by atoms with Crippen molar-refractivity contribution >= 4 is 17.6 Å². The average molecular weight is 289 g/mol. The number of piperidine rings is 1. The van der Waals surface area contributed by atoms with Gasteiger partial charge in [0.1, 0.15) is 5.82 Å². The van der Waals surface area contributed by atoms with Gasteiger partial charge in [-0.1, -0.05) is 6.92 Å². The molecule has 0 bridgehead atoms. The summed E-state index contributed by atoms with van der Waals surface area (Å²) >= 11 is 0. The number of amides is 2. The molecule has 1 aliphatic heterocycles. The molecular formula is C16H23N3O2. The minimum Gasteiger partial charge on any atom is -0.342 e. The normalized spacial score (nSPS) is 18.4. The van der Waals surface area contributed by atoms with Crippen molar-refractivity contribution in [3.8, 4) is 0 Å². The summed E-state index contributed by atoms with van der Waals surface area (Å²) in [5.74, 6) is 0.560. The lowest BCUT2D eigenvalue weighted by Gasteiger charge is -2.32. The molecule has 0 aromatic carbocycles. The number of nitrogens with one attached hydrogen (secondary N) is 1. The average Bonchev–Trinajstić information content (AvgIpc) is 2.47. The third-order valence-electron chi connectivity index (χ3n) is 3.78. The Morgan fingerprint density at radius 3 is 3.00 bits per heavy atom. The number of carbonyl (C=O) groups excluding carboxylic acids is 2. The van der Waals surface area contributed by atoms with Crippen molar-refractivity contribution in [2.45, 2.75) is 39.5 Å². The first-order chi connectivity index (χ1) is 10.1. The highest BCUT2D eigenvalue weighted by atomic mass is 16.2. The molecule has 0 spiro atoms. The molecule has 1 saturated heterocycles. The van der Waals surface area contributed by atoms with Crippen molar-refractivity contribution in [2.75, 3.05) is 18.4 Å². The fraction of sp³-hybridized carbons (Fsp3) is 0.562. The molecule has 1 unspecified atom stereocenters. The number of hydrogen-bond acceptors (Lipinski definition) is 3.